The number of aromatic nitrogens is 2. The number of nitrogen functional groups attached to an aromatic ring is 1. The molecule has 0 amide bonds. The lowest BCUT2D eigenvalue weighted by Crippen LogP contribution is -1.97. The molecule has 2 aromatic rings. The van der Waals surface area contributed by atoms with Gasteiger partial charge in [-0.1, -0.05) is 6.92 Å². The fourth-order valence-electron chi connectivity index (χ4n) is 1.81. The maximum Gasteiger partial charge on any atom is 0.160 e. The van der Waals surface area contributed by atoms with Gasteiger partial charge in [0.25, 0.3) is 0 Å². The molecule has 0 atom stereocenters. The third kappa shape index (κ3) is 1.09. The van der Waals surface area contributed by atoms with E-state index in [1.54, 1.807) is 0 Å². The zero-order valence-electron chi connectivity index (χ0n) is 8.83. The molecule has 0 radical (unpaired) electrons. The first kappa shape index (κ1) is 9.06. The predicted molar refractivity (Wildman–Crippen MR) is 58.5 cm³/mol. The lowest BCUT2D eigenvalue weighted by molar-refractivity contribution is 0.976. The van der Waals surface area contributed by atoms with E-state index in [2.05, 4.69) is 16.3 Å². The summed E-state index contributed by atoms with van der Waals surface area (Å²) >= 11 is 0. The molecule has 0 spiro atoms. The highest BCUT2D eigenvalue weighted by molar-refractivity contribution is 5.69. The quantitative estimate of drug-likeness (QED) is 0.746. The third-order valence-electron chi connectivity index (χ3n) is 2.68. The zero-order chi connectivity index (χ0) is 10.3. The average Bonchev–Trinajstić information content (AvgIpc) is 2.49. The summed E-state index contributed by atoms with van der Waals surface area (Å²) < 4.78 is 2.08. The van der Waals surface area contributed by atoms with Gasteiger partial charge in [0.1, 0.15) is 0 Å². The number of anilines is 1. The molecule has 2 aromatic heterocycles. The highest BCUT2D eigenvalue weighted by Gasteiger charge is 2.09. The first-order valence-electron chi connectivity index (χ1n) is 4.87. The Morgan fingerprint density at radius 2 is 2.14 bits per heavy atom. The molecule has 3 heteroatoms. The van der Waals surface area contributed by atoms with Crippen LogP contribution in [0.25, 0.3) is 5.65 Å². The first-order chi connectivity index (χ1) is 6.65. The highest BCUT2D eigenvalue weighted by atomic mass is 15.0. The number of hydrogen-bond acceptors (Lipinski definition) is 2. The number of fused-ring (bicyclic) bond motifs is 1. The lowest BCUT2D eigenvalue weighted by atomic mass is 10.2. The van der Waals surface area contributed by atoms with Crippen LogP contribution >= 0.6 is 0 Å². The second-order valence-corrected chi connectivity index (χ2v) is 3.60. The number of rotatable bonds is 1. The standard InChI is InChI=1S/C11H15N3/c1-4-9-8(3)13-11-10(12)7(2)5-6-14(9)11/h5-6H,4,12H2,1-3H3. The van der Waals surface area contributed by atoms with Crippen LogP contribution in [0.5, 0.6) is 0 Å². The Hall–Kier alpha value is -1.51. The van der Waals surface area contributed by atoms with Crippen LogP contribution in [0, 0.1) is 13.8 Å². The molecule has 0 fully saturated rings. The Morgan fingerprint density at radius 3 is 2.79 bits per heavy atom. The normalized spacial score (nSPS) is 11.1. The largest absolute Gasteiger partial charge is 0.395 e. The molecule has 0 saturated carbocycles. The van der Waals surface area contributed by atoms with Crippen LogP contribution in [-0.2, 0) is 6.42 Å². The number of imidazole rings is 1. The van der Waals surface area contributed by atoms with E-state index in [0.717, 1.165) is 29.0 Å². The van der Waals surface area contributed by atoms with Crippen LogP contribution in [0.15, 0.2) is 12.3 Å². The van der Waals surface area contributed by atoms with E-state index in [9.17, 15) is 0 Å². The van der Waals surface area contributed by atoms with E-state index >= 15 is 0 Å². The number of pyridine rings is 1. The van der Waals surface area contributed by atoms with Gasteiger partial charge in [-0.2, -0.15) is 0 Å². The van der Waals surface area contributed by atoms with Gasteiger partial charge in [0.2, 0.25) is 0 Å². The van der Waals surface area contributed by atoms with Crippen molar-refractivity contribution in [1.82, 2.24) is 9.38 Å². The van der Waals surface area contributed by atoms with Crippen LogP contribution in [0.4, 0.5) is 5.69 Å². The molecule has 0 aliphatic heterocycles. The topological polar surface area (TPSA) is 43.3 Å². The molecule has 3 nitrogen and oxygen atoms in total. The lowest BCUT2D eigenvalue weighted by Gasteiger charge is -2.03. The summed E-state index contributed by atoms with van der Waals surface area (Å²) in [5.41, 5.74) is 11.1. The van der Waals surface area contributed by atoms with Gasteiger partial charge in [-0.05, 0) is 31.9 Å². The van der Waals surface area contributed by atoms with E-state index < -0.39 is 0 Å². The Morgan fingerprint density at radius 1 is 1.43 bits per heavy atom. The Bertz CT molecular complexity index is 483. The van der Waals surface area contributed by atoms with E-state index in [4.69, 9.17) is 5.73 Å². The van der Waals surface area contributed by atoms with Gasteiger partial charge in [-0.15, -0.1) is 0 Å². The summed E-state index contributed by atoms with van der Waals surface area (Å²) in [6.07, 6.45) is 3.02. The molecule has 0 saturated heterocycles. The van der Waals surface area contributed by atoms with Gasteiger partial charge in [0.05, 0.1) is 11.4 Å². The molecule has 0 aromatic carbocycles. The van der Waals surface area contributed by atoms with Crippen LogP contribution in [0.2, 0.25) is 0 Å². The van der Waals surface area contributed by atoms with Crippen molar-refractivity contribution in [2.45, 2.75) is 27.2 Å². The number of nitrogens with two attached hydrogens (primary N) is 1. The first-order valence-corrected chi connectivity index (χ1v) is 4.87. The smallest absolute Gasteiger partial charge is 0.160 e. The van der Waals surface area contributed by atoms with Crippen LogP contribution < -0.4 is 5.73 Å². The van der Waals surface area contributed by atoms with Crippen molar-refractivity contribution in [3.05, 3.63) is 29.2 Å². The summed E-state index contributed by atoms with van der Waals surface area (Å²) in [4.78, 5) is 4.48. The summed E-state index contributed by atoms with van der Waals surface area (Å²) in [6, 6.07) is 2.03. The van der Waals surface area contributed by atoms with E-state index in [1.807, 2.05) is 26.1 Å². The monoisotopic (exact) mass is 189 g/mol. The van der Waals surface area contributed by atoms with E-state index in [-0.39, 0.29) is 0 Å². The van der Waals surface area contributed by atoms with Crippen LogP contribution in [0.1, 0.15) is 23.9 Å². The van der Waals surface area contributed by atoms with Gasteiger partial charge in [0.15, 0.2) is 5.65 Å². The van der Waals surface area contributed by atoms with Crippen molar-refractivity contribution in [3.63, 3.8) is 0 Å². The number of hydrogen-bond donors (Lipinski definition) is 1. The molecular weight excluding hydrogens is 174 g/mol. The molecule has 2 rings (SSSR count). The zero-order valence-corrected chi connectivity index (χ0v) is 8.83. The van der Waals surface area contributed by atoms with Crippen molar-refractivity contribution >= 4 is 11.3 Å². The molecule has 14 heavy (non-hydrogen) atoms. The van der Waals surface area contributed by atoms with Gasteiger partial charge in [-0.3, -0.25) is 0 Å². The van der Waals surface area contributed by atoms with E-state index in [0.29, 0.717) is 0 Å². The maximum absolute atomic E-state index is 5.97. The van der Waals surface area contributed by atoms with Crippen molar-refractivity contribution in [2.75, 3.05) is 5.73 Å². The Labute approximate surface area is 83.6 Å². The Balaban J connectivity index is 2.87. The third-order valence-corrected chi connectivity index (χ3v) is 2.68. The molecule has 74 valence electrons. The molecule has 0 unspecified atom stereocenters. The molecule has 0 aliphatic carbocycles. The molecule has 0 bridgehead atoms. The summed E-state index contributed by atoms with van der Waals surface area (Å²) in [6.45, 7) is 6.16. The van der Waals surface area contributed by atoms with Gasteiger partial charge >= 0.3 is 0 Å². The van der Waals surface area contributed by atoms with Gasteiger partial charge < -0.3 is 10.1 Å². The summed E-state index contributed by atoms with van der Waals surface area (Å²) in [5.74, 6) is 0. The van der Waals surface area contributed by atoms with Crippen molar-refractivity contribution in [3.8, 4) is 0 Å². The second-order valence-electron chi connectivity index (χ2n) is 3.60. The molecule has 2 N–H and O–H groups in total. The minimum Gasteiger partial charge on any atom is -0.395 e. The maximum atomic E-state index is 5.97. The predicted octanol–water partition coefficient (Wildman–Crippen LogP) is 2.10. The molecular formula is C11H15N3. The van der Waals surface area contributed by atoms with E-state index in [1.165, 1.54) is 5.69 Å². The fraction of sp³-hybridized carbons (Fsp3) is 0.364. The van der Waals surface area contributed by atoms with Crippen molar-refractivity contribution < 1.29 is 0 Å². The van der Waals surface area contributed by atoms with Gasteiger partial charge in [0, 0.05) is 11.9 Å². The highest BCUT2D eigenvalue weighted by Crippen LogP contribution is 2.20. The van der Waals surface area contributed by atoms with Crippen molar-refractivity contribution in [2.24, 2.45) is 0 Å². The Kier molecular flexibility index (Phi) is 1.95. The average molecular weight is 189 g/mol. The fourth-order valence-corrected chi connectivity index (χ4v) is 1.81. The number of aryl methyl sites for hydroxylation is 3. The minimum absolute atomic E-state index is 0.787. The summed E-state index contributed by atoms with van der Waals surface area (Å²) in [7, 11) is 0. The van der Waals surface area contributed by atoms with Crippen LogP contribution in [0.3, 0.4) is 0 Å². The number of nitrogens with zero attached hydrogens (tertiary/aromatic N) is 2. The molecule has 2 heterocycles. The van der Waals surface area contributed by atoms with Crippen molar-refractivity contribution in [1.29, 1.82) is 0 Å². The SMILES string of the molecule is CCc1c(C)nc2c(N)c(C)ccn12. The molecule has 0 aliphatic rings. The second kappa shape index (κ2) is 3.01. The van der Waals surface area contributed by atoms with Crippen LogP contribution in [-0.4, -0.2) is 9.38 Å². The summed E-state index contributed by atoms with van der Waals surface area (Å²) in [5, 5.41) is 0. The minimum atomic E-state index is 0.787. The van der Waals surface area contributed by atoms with Gasteiger partial charge in [-0.25, -0.2) is 4.98 Å².